The summed E-state index contributed by atoms with van der Waals surface area (Å²) in [4.78, 5) is 16.7. The fourth-order valence-electron chi connectivity index (χ4n) is 3.41. The lowest BCUT2D eigenvalue weighted by molar-refractivity contribution is 0.0699. The average Bonchev–Trinajstić information content (AvgIpc) is 3.17. The number of nitrogens with zero attached hydrogens (tertiary/aromatic N) is 2. The minimum absolute atomic E-state index is 0.152. The number of ether oxygens (including phenoxy) is 1. The van der Waals surface area contributed by atoms with Crippen LogP contribution in [0, 0.1) is 0 Å². The van der Waals surface area contributed by atoms with E-state index in [1.54, 1.807) is 6.07 Å². The average molecular weight is 387 g/mol. The predicted molar refractivity (Wildman–Crippen MR) is 112 cm³/mol. The Morgan fingerprint density at radius 1 is 1.10 bits per heavy atom. The summed E-state index contributed by atoms with van der Waals surface area (Å²) in [5.74, 6) is -0.371. The highest BCUT2D eigenvalue weighted by atomic mass is 16.5. The van der Waals surface area contributed by atoms with E-state index in [1.807, 2.05) is 55.5 Å². The molecular formula is C23H21N3O3. The Balaban J connectivity index is 1.91. The monoisotopic (exact) mass is 387 g/mol. The highest BCUT2D eigenvalue weighted by Crippen LogP contribution is 2.34. The molecule has 0 atom stereocenters. The highest BCUT2D eigenvalue weighted by molar-refractivity contribution is 6.08. The number of carboxylic acid groups (broad SMARTS) is 1. The van der Waals surface area contributed by atoms with Gasteiger partial charge in [0.2, 0.25) is 0 Å². The van der Waals surface area contributed by atoms with Crippen molar-refractivity contribution in [3.8, 4) is 28.3 Å². The van der Waals surface area contributed by atoms with E-state index in [0.29, 0.717) is 34.8 Å². The highest BCUT2D eigenvalue weighted by Gasteiger charge is 2.20. The summed E-state index contributed by atoms with van der Waals surface area (Å²) in [6.07, 6.45) is 0.939. The Hall–Kier alpha value is -3.67. The molecular weight excluding hydrogens is 366 g/mol. The lowest BCUT2D eigenvalue weighted by Crippen LogP contribution is -2.01. The van der Waals surface area contributed by atoms with E-state index in [0.717, 1.165) is 17.5 Å². The molecule has 6 heteroatoms. The molecule has 0 unspecified atom stereocenters. The number of aromatic carboxylic acids is 1. The number of aromatic amines is 1. The van der Waals surface area contributed by atoms with Gasteiger partial charge in [0.1, 0.15) is 5.75 Å². The molecule has 0 bridgehead atoms. The summed E-state index contributed by atoms with van der Waals surface area (Å²) in [5.41, 5.74) is 4.49. The molecule has 0 saturated carbocycles. The third kappa shape index (κ3) is 3.45. The van der Waals surface area contributed by atoms with Gasteiger partial charge in [0.05, 0.1) is 28.9 Å². The number of nitrogens with one attached hydrogen (secondary N) is 1. The molecule has 2 N–H and O–H groups in total. The van der Waals surface area contributed by atoms with Gasteiger partial charge in [-0.3, -0.25) is 5.10 Å². The summed E-state index contributed by atoms with van der Waals surface area (Å²) in [7, 11) is 0. The molecule has 29 heavy (non-hydrogen) atoms. The van der Waals surface area contributed by atoms with Crippen molar-refractivity contribution in [2.24, 2.45) is 0 Å². The Bertz CT molecular complexity index is 1180. The van der Waals surface area contributed by atoms with Gasteiger partial charge in [0.25, 0.3) is 0 Å². The molecule has 0 fully saturated rings. The van der Waals surface area contributed by atoms with Crippen LogP contribution in [0.25, 0.3) is 33.5 Å². The minimum atomic E-state index is -1.03. The van der Waals surface area contributed by atoms with Crippen LogP contribution in [-0.4, -0.2) is 32.9 Å². The molecule has 4 rings (SSSR count). The van der Waals surface area contributed by atoms with Crippen molar-refractivity contribution in [3.63, 3.8) is 0 Å². The first kappa shape index (κ1) is 18.7. The van der Waals surface area contributed by atoms with Crippen LogP contribution in [-0.2, 0) is 6.42 Å². The van der Waals surface area contributed by atoms with Gasteiger partial charge in [-0.1, -0.05) is 43.3 Å². The quantitative estimate of drug-likeness (QED) is 0.489. The molecule has 2 aromatic carbocycles. The van der Waals surface area contributed by atoms with Gasteiger partial charge in [-0.15, -0.1) is 0 Å². The van der Waals surface area contributed by atoms with Crippen LogP contribution in [0.3, 0.4) is 0 Å². The maximum absolute atomic E-state index is 12.1. The van der Waals surface area contributed by atoms with Gasteiger partial charge >= 0.3 is 5.97 Å². The van der Waals surface area contributed by atoms with Crippen LogP contribution in [0.2, 0.25) is 0 Å². The van der Waals surface area contributed by atoms with Gasteiger partial charge in [-0.05, 0) is 37.1 Å². The second-order valence-electron chi connectivity index (χ2n) is 6.64. The topological polar surface area (TPSA) is 88.1 Å². The van der Waals surface area contributed by atoms with Gasteiger partial charge < -0.3 is 9.84 Å². The molecule has 0 radical (unpaired) electrons. The third-order valence-electron chi connectivity index (χ3n) is 4.87. The molecule has 0 aliphatic carbocycles. The van der Waals surface area contributed by atoms with Crippen LogP contribution < -0.4 is 4.74 Å². The van der Waals surface area contributed by atoms with E-state index in [-0.39, 0.29) is 5.56 Å². The predicted octanol–water partition coefficient (Wildman–Crippen LogP) is 4.95. The largest absolute Gasteiger partial charge is 0.493 e. The maximum Gasteiger partial charge on any atom is 0.336 e. The fraction of sp³-hybridized carbons (Fsp3) is 0.174. The number of benzene rings is 2. The number of aromatic nitrogens is 3. The molecule has 146 valence electrons. The van der Waals surface area contributed by atoms with Crippen molar-refractivity contribution >= 4 is 17.0 Å². The summed E-state index contributed by atoms with van der Waals surface area (Å²) in [5, 5.41) is 17.7. The van der Waals surface area contributed by atoms with Crippen molar-refractivity contribution in [2.45, 2.75) is 20.3 Å². The van der Waals surface area contributed by atoms with E-state index in [4.69, 9.17) is 4.74 Å². The standard InChI is InChI=1S/C23H21N3O3/c1-3-14-9-11-15(12-10-14)21-20-17(23(27)28)13-18(24-22(20)26-25-21)16-7-5-6-8-19(16)29-4-2/h5-13H,3-4H2,1-2H3,(H,27,28)(H,24,25,26). The van der Waals surface area contributed by atoms with E-state index in [1.165, 1.54) is 5.56 Å². The van der Waals surface area contributed by atoms with Gasteiger partial charge in [0, 0.05) is 11.1 Å². The smallest absolute Gasteiger partial charge is 0.336 e. The summed E-state index contributed by atoms with van der Waals surface area (Å²) in [6.45, 7) is 4.50. The number of carbonyl (C=O) groups is 1. The number of para-hydroxylation sites is 1. The van der Waals surface area contributed by atoms with Crippen LogP contribution in [0.1, 0.15) is 29.8 Å². The molecule has 2 heterocycles. The second kappa shape index (κ2) is 7.75. The van der Waals surface area contributed by atoms with E-state index in [2.05, 4.69) is 22.1 Å². The SMILES string of the molecule is CCOc1ccccc1-c1cc(C(=O)O)c2c(-c3ccc(CC)cc3)[nH]nc2n1. The third-order valence-corrected chi connectivity index (χ3v) is 4.87. The Morgan fingerprint density at radius 3 is 2.55 bits per heavy atom. The van der Waals surface area contributed by atoms with E-state index >= 15 is 0 Å². The van der Waals surface area contributed by atoms with Crippen molar-refractivity contribution < 1.29 is 14.6 Å². The fourth-order valence-corrected chi connectivity index (χ4v) is 3.41. The number of pyridine rings is 1. The van der Waals surface area contributed by atoms with Crippen molar-refractivity contribution in [1.82, 2.24) is 15.2 Å². The molecule has 0 spiro atoms. The van der Waals surface area contributed by atoms with Crippen LogP contribution in [0.5, 0.6) is 5.75 Å². The Morgan fingerprint density at radius 2 is 1.86 bits per heavy atom. The Labute approximate surface area is 168 Å². The van der Waals surface area contributed by atoms with Crippen LogP contribution in [0.15, 0.2) is 54.6 Å². The number of hydrogen-bond acceptors (Lipinski definition) is 4. The minimum Gasteiger partial charge on any atom is -0.493 e. The lowest BCUT2D eigenvalue weighted by atomic mass is 10.0. The summed E-state index contributed by atoms with van der Waals surface area (Å²) < 4.78 is 5.68. The van der Waals surface area contributed by atoms with E-state index < -0.39 is 5.97 Å². The van der Waals surface area contributed by atoms with Crippen molar-refractivity contribution in [3.05, 3.63) is 65.7 Å². The first-order valence-corrected chi connectivity index (χ1v) is 9.56. The van der Waals surface area contributed by atoms with Gasteiger partial charge in [-0.2, -0.15) is 5.10 Å². The molecule has 0 saturated heterocycles. The normalized spacial score (nSPS) is 11.0. The Kier molecular flexibility index (Phi) is 4.99. The molecule has 2 aromatic heterocycles. The number of H-pyrrole nitrogens is 1. The molecule has 6 nitrogen and oxygen atoms in total. The number of hydrogen-bond donors (Lipinski definition) is 2. The molecule has 0 aliphatic heterocycles. The molecule has 0 aliphatic rings. The van der Waals surface area contributed by atoms with Gasteiger partial charge in [-0.25, -0.2) is 9.78 Å². The van der Waals surface area contributed by atoms with Crippen molar-refractivity contribution in [2.75, 3.05) is 6.61 Å². The van der Waals surface area contributed by atoms with E-state index in [9.17, 15) is 9.90 Å². The zero-order valence-electron chi connectivity index (χ0n) is 16.3. The number of rotatable bonds is 6. The maximum atomic E-state index is 12.1. The summed E-state index contributed by atoms with van der Waals surface area (Å²) in [6, 6.07) is 17.0. The van der Waals surface area contributed by atoms with Crippen LogP contribution >= 0.6 is 0 Å². The van der Waals surface area contributed by atoms with Crippen molar-refractivity contribution in [1.29, 1.82) is 0 Å². The number of aryl methyl sites for hydroxylation is 1. The zero-order valence-corrected chi connectivity index (χ0v) is 16.3. The van der Waals surface area contributed by atoms with Crippen LogP contribution in [0.4, 0.5) is 0 Å². The zero-order chi connectivity index (χ0) is 20.4. The molecule has 4 aromatic rings. The first-order valence-electron chi connectivity index (χ1n) is 9.56. The lowest BCUT2D eigenvalue weighted by Gasteiger charge is -2.10. The number of carboxylic acids is 1. The summed E-state index contributed by atoms with van der Waals surface area (Å²) >= 11 is 0. The molecule has 0 amide bonds. The number of fused-ring (bicyclic) bond motifs is 1. The van der Waals surface area contributed by atoms with Gasteiger partial charge in [0.15, 0.2) is 5.65 Å². The first-order chi connectivity index (χ1) is 14.1. The second-order valence-corrected chi connectivity index (χ2v) is 6.64.